The first-order valence-corrected chi connectivity index (χ1v) is 6.97. The second-order valence-corrected chi connectivity index (χ2v) is 4.68. The summed E-state index contributed by atoms with van der Waals surface area (Å²) >= 11 is 0. The largest absolute Gasteiger partial charge is 0.332 e. The molecule has 0 aliphatic heterocycles. The number of nitrogens with zero attached hydrogens (tertiary/aromatic N) is 4. The second-order valence-electron chi connectivity index (χ2n) is 4.68. The minimum Gasteiger partial charge on any atom is -0.299 e. The SMILES string of the molecule is C/C=C\n1ccn(CCCn2ccn(/C=C/C)c2=O)c1=O. The molecule has 0 amide bonds. The quantitative estimate of drug-likeness (QED) is 0.812. The molecule has 0 aliphatic rings. The molecule has 2 rings (SSSR count). The van der Waals surface area contributed by atoms with Crippen molar-refractivity contribution in [3.05, 3.63) is 57.9 Å². The van der Waals surface area contributed by atoms with E-state index in [-0.39, 0.29) is 11.4 Å². The standard InChI is InChI=1S/C15H20N4O2/c1-3-6-16-10-12-18(14(16)20)8-5-9-19-13-11-17(7-4-2)15(19)21/h3-4,6-7,10-13H,5,8-9H2,1-2H3/b6-3-,7-4+. The summed E-state index contributed by atoms with van der Waals surface area (Å²) in [4.78, 5) is 23.9. The van der Waals surface area contributed by atoms with E-state index in [1.807, 2.05) is 26.0 Å². The number of aromatic nitrogens is 4. The fourth-order valence-corrected chi connectivity index (χ4v) is 2.16. The summed E-state index contributed by atoms with van der Waals surface area (Å²) in [6.45, 7) is 4.91. The minimum absolute atomic E-state index is 0.0630. The Bertz CT molecular complexity index is 691. The van der Waals surface area contributed by atoms with Crippen molar-refractivity contribution in [3.8, 4) is 0 Å². The molecule has 0 fully saturated rings. The van der Waals surface area contributed by atoms with Crippen molar-refractivity contribution in [2.75, 3.05) is 0 Å². The fraction of sp³-hybridized carbons (Fsp3) is 0.333. The van der Waals surface area contributed by atoms with Gasteiger partial charge >= 0.3 is 11.4 Å². The van der Waals surface area contributed by atoms with Crippen LogP contribution in [0.1, 0.15) is 20.3 Å². The number of rotatable bonds is 6. The monoisotopic (exact) mass is 288 g/mol. The third-order valence-corrected chi connectivity index (χ3v) is 3.16. The van der Waals surface area contributed by atoms with Gasteiger partial charge in [0, 0.05) is 50.3 Å². The Balaban J connectivity index is 1.99. The Morgan fingerprint density at radius 1 is 0.810 bits per heavy atom. The Morgan fingerprint density at radius 2 is 1.24 bits per heavy atom. The van der Waals surface area contributed by atoms with E-state index in [9.17, 15) is 9.59 Å². The van der Waals surface area contributed by atoms with Crippen molar-refractivity contribution >= 4 is 12.4 Å². The van der Waals surface area contributed by atoms with E-state index in [1.54, 1.807) is 46.3 Å². The Kier molecular flexibility index (Phi) is 4.81. The second kappa shape index (κ2) is 6.78. The van der Waals surface area contributed by atoms with Crippen LogP contribution in [0.3, 0.4) is 0 Å². The van der Waals surface area contributed by atoms with E-state index >= 15 is 0 Å². The van der Waals surface area contributed by atoms with Crippen LogP contribution < -0.4 is 11.4 Å². The molecule has 2 aromatic rings. The fourth-order valence-electron chi connectivity index (χ4n) is 2.16. The molecule has 0 bridgehead atoms. The molecule has 0 radical (unpaired) electrons. The molecule has 0 aliphatic carbocycles. The Hall–Kier alpha value is -2.50. The smallest absolute Gasteiger partial charge is 0.299 e. The van der Waals surface area contributed by atoms with Gasteiger partial charge in [0.05, 0.1) is 0 Å². The number of aryl methyl sites for hydroxylation is 2. The van der Waals surface area contributed by atoms with Gasteiger partial charge in [0.25, 0.3) is 0 Å². The first-order valence-electron chi connectivity index (χ1n) is 6.97. The first kappa shape index (κ1) is 14.9. The molecule has 6 nitrogen and oxygen atoms in total. The molecule has 0 saturated heterocycles. The highest BCUT2D eigenvalue weighted by molar-refractivity contribution is 5.20. The van der Waals surface area contributed by atoms with Crippen LogP contribution in [0.4, 0.5) is 0 Å². The average Bonchev–Trinajstić information content (AvgIpc) is 2.99. The maximum atomic E-state index is 12.0. The van der Waals surface area contributed by atoms with Crippen molar-refractivity contribution in [1.82, 2.24) is 18.3 Å². The molecule has 2 aromatic heterocycles. The molecular formula is C15H20N4O2. The van der Waals surface area contributed by atoms with Crippen molar-refractivity contribution < 1.29 is 0 Å². The van der Waals surface area contributed by atoms with Gasteiger partial charge in [-0.3, -0.25) is 18.3 Å². The predicted molar refractivity (Wildman–Crippen MR) is 84.0 cm³/mol. The minimum atomic E-state index is -0.0630. The topological polar surface area (TPSA) is 53.9 Å². The maximum absolute atomic E-state index is 12.0. The van der Waals surface area contributed by atoms with Gasteiger partial charge < -0.3 is 0 Å². The molecule has 6 heteroatoms. The molecule has 0 unspecified atom stereocenters. The van der Waals surface area contributed by atoms with Gasteiger partial charge in [-0.2, -0.15) is 0 Å². The van der Waals surface area contributed by atoms with Gasteiger partial charge in [0.1, 0.15) is 0 Å². The zero-order valence-electron chi connectivity index (χ0n) is 12.3. The van der Waals surface area contributed by atoms with Crippen molar-refractivity contribution in [2.45, 2.75) is 33.4 Å². The molecule has 112 valence electrons. The van der Waals surface area contributed by atoms with Gasteiger partial charge in [0.15, 0.2) is 0 Å². The van der Waals surface area contributed by atoms with E-state index in [1.165, 1.54) is 9.13 Å². The molecule has 0 atom stereocenters. The van der Waals surface area contributed by atoms with Gasteiger partial charge in [-0.05, 0) is 20.3 Å². The molecule has 21 heavy (non-hydrogen) atoms. The highest BCUT2D eigenvalue weighted by Gasteiger charge is 2.03. The highest BCUT2D eigenvalue weighted by atomic mass is 16.2. The van der Waals surface area contributed by atoms with Crippen LogP contribution in [0, 0.1) is 0 Å². The number of hydrogen-bond donors (Lipinski definition) is 0. The molecular weight excluding hydrogens is 268 g/mol. The van der Waals surface area contributed by atoms with Gasteiger partial charge in [-0.25, -0.2) is 9.59 Å². The van der Waals surface area contributed by atoms with E-state index in [0.29, 0.717) is 13.1 Å². The van der Waals surface area contributed by atoms with E-state index in [4.69, 9.17) is 0 Å². The molecule has 0 spiro atoms. The van der Waals surface area contributed by atoms with Crippen LogP contribution in [0.15, 0.2) is 46.5 Å². The summed E-state index contributed by atoms with van der Waals surface area (Å²) in [5.41, 5.74) is -0.126. The average molecular weight is 288 g/mol. The Labute approximate surface area is 122 Å². The molecule has 2 heterocycles. The van der Waals surface area contributed by atoms with Crippen molar-refractivity contribution in [1.29, 1.82) is 0 Å². The van der Waals surface area contributed by atoms with Crippen LogP contribution in [0.2, 0.25) is 0 Å². The molecule has 0 saturated carbocycles. The zero-order valence-corrected chi connectivity index (χ0v) is 12.3. The third kappa shape index (κ3) is 3.34. The Morgan fingerprint density at radius 3 is 1.62 bits per heavy atom. The summed E-state index contributed by atoms with van der Waals surface area (Å²) in [7, 11) is 0. The van der Waals surface area contributed by atoms with Crippen molar-refractivity contribution in [3.63, 3.8) is 0 Å². The van der Waals surface area contributed by atoms with Gasteiger partial charge in [-0.15, -0.1) is 0 Å². The van der Waals surface area contributed by atoms with Crippen LogP contribution in [0.25, 0.3) is 12.4 Å². The predicted octanol–water partition coefficient (Wildman–Crippen LogP) is 1.68. The van der Waals surface area contributed by atoms with Gasteiger partial charge in [-0.1, -0.05) is 12.2 Å². The molecule has 0 N–H and O–H groups in total. The zero-order chi connectivity index (χ0) is 15.2. The van der Waals surface area contributed by atoms with Crippen LogP contribution in [-0.2, 0) is 13.1 Å². The van der Waals surface area contributed by atoms with E-state index in [0.717, 1.165) is 6.42 Å². The lowest BCUT2D eigenvalue weighted by Gasteiger charge is -2.02. The van der Waals surface area contributed by atoms with Crippen LogP contribution >= 0.6 is 0 Å². The van der Waals surface area contributed by atoms with Crippen molar-refractivity contribution in [2.24, 2.45) is 0 Å². The summed E-state index contributed by atoms with van der Waals surface area (Å²) in [6.07, 6.45) is 14.8. The number of hydrogen-bond acceptors (Lipinski definition) is 2. The molecule has 0 aromatic carbocycles. The van der Waals surface area contributed by atoms with Crippen LogP contribution in [-0.4, -0.2) is 18.3 Å². The summed E-state index contributed by atoms with van der Waals surface area (Å²) in [5, 5.41) is 0. The van der Waals surface area contributed by atoms with Gasteiger partial charge in [0.2, 0.25) is 0 Å². The lowest BCUT2D eigenvalue weighted by Crippen LogP contribution is -2.24. The number of imidazole rings is 2. The number of allylic oxidation sites excluding steroid dienone is 2. The maximum Gasteiger partial charge on any atom is 0.332 e. The lowest BCUT2D eigenvalue weighted by atomic mass is 10.4. The van der Waals surface area contributed by atoms with E-state index < -0.39 is 0 Å². The summed E-state index contributed by atoms with van der Waals surface area (Å²) in [5.74, 6) is 0. The summed E-state index contributed by atoms with van der Waals surface area (Å²) < 4.78 is 6.37. The lowest BCUT2D eigenvalue weighted by molar-refractivity contribution is 0.541. The third-order valence-electron chi connectivity index (χ3n) is 3.16. The van der Waals surface area contributed by atoms with Crippen LogP contribution in [0.5, 0.6) is 0 Å². The first-order chi connectivity index (χ1) is 10.2. The normalized spacial score (nSPS) is 11.9. The highest BCUT2D eigenvalue weighted by Crippen LogP contribution is 1.94. The summed E-state index contributed by atoms with van der Waals surface area (Å²) in [6, 6.07) is 0. The van der Waals surface area contributed by atoms with E-state index in [2.05, 4.69) is 0 Å².